The smallest absolute Gasteiger partial charge is 0.270 e. The number of rotatable bonds is 3. The number of carbonyl (C=O) groups is 1. The molecule has 6 nitrogen and oxygen atoms in total. The molecule has 1 unspecified atom stereocenters. The number of aromatic amines is 1. The van der Waals surface area contributed by atoms with Gasteiger partial charge in [0, 0.05) is 30.1 Å². The highest BCUT2D eigenvalue weighted by Crippen LogP contribution is 2.67. The van der Waals surface area contributed by atoms with Crippen molar-refractivity contribution < 1.29 is 14.3 Å². The van der Waals surface area contributed by atoms with Gasteiger partial charge in [0.1, 0.15) is 11.8 Å². The van der Waals surface area contributed by atoms with Crippen LogP contribution in [-0.2, 0) is 18.3 Å². The van der Waals surface area contributed by atoms with Crippen LogP contribution in [0, 0.1) is 12.8 Å². The summed E-state index contributed by atoms with van der Waals surface area (Å²) in [5, 5.41) is 0. The first-order valence-electron chi connectivity index (χ1n) is 14.6. The zero-order chi connectivity index (χ0) is 26.5. The summed E-state index contributed by atoms with van der Waals surface area (Å²) in [5.74, 6) is 2.90. The number of fused-ring (bicyclic) bond motifs is 2. The molecule has 4 heterocycles. The number of likely N-dealkylation sites (N-methyl/N-ethyl adjacent to an activating group) is 1. The molecule has 2 aromatic carbocycles. The molecule has 2 aliphatic carbocycles. The van der Waals surface area contributed by atoms with Crippen molar-refractivity contribution in [3.8, 4) is 11.5 Å². The average Bonchev–Trinajstić information content (AvgIpc) is 3.49. The molecule has 202 valence electrons. The Hall–Kier alpha value is -3.25. The van der Waals surface area contributed by atoms with Crippen LogP contribution >= 0.6 is 0 Å². The summed E-state index contributed by atoms with van der Waals surface area (Å²) < 4.78 is 12.7. The van der Waals surface area contributed by atoms with Gasteiger partial charge in [-0.1, -0.05) is 36.4 Å². The van der Waals surface area contributed by atoms with E-state index in [1.165, 1.54) is 22.3 Å². The monoisotopic (exact) mass is 523 g/mol. The molecule has 0 radical (unpaired) electrons. The van der Waals surface area contributed by atoms with E-state index in [0.29, 0.717) is 17.9 Å². The molecule has 2 bridgehead atoms. The number of H-pyrrole nitrogens is 1. The van der Waals surface area contributed by atoms with Gasteiger partial charge < -0.3 is 24.3 Å². The molecule has 2 fully saturated rings. The molecule has 2 saturated heterocycles. The van der Waals surface area contributed by atoms with Gasteiger partial charge in [-0.3, -0.25) is 4.79 Å². The Morgan fingerprint density at radius 1 is 1.08 bits per heavy atom. The van der Waals surface area contributed by atoms with Crippen molar-refractivity contribution in [3.05, 3.63) is 81.7 Å². The van der Waals surface area contributed by atoms with E-state index in [1.54, 1.807) is 7.11 Å². The van der Waals surface area contributed by atoms with Crippen LogP contribution in [0.2, 0.25) is 0 Å². The summed E-state index contributed by atoms with van der Waals surface area (Å²) in [7, 11) is 4.02. The fraction of sp³-hybridized carbons (Fsp3) is 0.485. The second-order valence-electron chi connectivity index (χ2n) is 12.5. The Bertz CT molecular complexity index is 1470. The third-order valence-electron chi connectivity index (χ3n) is 11.0. The Morgan fingerprint density at radius 2 is 1.87 bits per heavy atom. The maximum Gasteiger partial charge on any atom is 0.270 e. The Labute approximate surface area is 230 Å². The van der Waals surface area contributed by atoms with Crippen LogP contribution in [0.3, 0.4) is 0 Å². The van der Waals surface area contributed by atoms with E-state index in [4.69, 9.17) is 9.47 Å². The second-order valence-corrected chi connectivity index (χ2v) is 12.5. The third kappa shape index (κ3) is 3.09. The number of aromatic nitrogens is 1. The molecule has 5 aliphatic rings. The molecule has 0 saturated carbocycles. The standard InChI is InChI=1S/C33H37N3O3/c1-19-23-18-24-25-17-22-9-10-26(38-3)30-27(22)33(24,13-16-35(25)2)31(39-30)29(23)34-28(19)32(37)36-14-11-21(12-15-36)20-7-5-4-6-8-20/h4-10,21,24-25,31,34H,11-18H2,1-3H3/t24-,25-,31-,33?/m0/s1. The number of carbonyl (C=O) groups excluding carboxylic acids is 1. The minimum atomic E-state index is -0.100. The number of hydrogen-bond acceptors (Lipinski definition) is 4. The normalized spacial score (nSPS) is 29.0. The maximum absolute atomic E-state index is 14.0. The number of methoxy groups -OCH3 is 1. The van der Waals surface area contributed by atoms with Crippen LogP contribution < -0.4 is 9.47 Å². The summed E-state index contributed by atoms with van der Waals surface area (Å²) in [6, 6.07) is 15.6. The van der Waals surface area contributed by atoms with Crippen molar-refractivity contribution in [1.29, 1.82) is 0 Å². The van der Waals surface area contributed by atoms with Gasteiger partial charge in [-0.2, -0.15) is 0 Å². The Balaban J connectivity index is 1.15. The number of piperidine rings is 2. The Kier molecular flexibility index (Phi) is 5.07. The first kappa shape index (κ1) is 23.6. The number of hydrogen-bond donors (Lipinski definition) is 1. The first-order valence-corrected chi connectivity index (χ1v) is 14.6. The summed E-state index contributed by atoms with van der Waals surface area (Å²) in [6.45, 7) is 4.81. The topological polar surface area (TPSA) is 57.8 Å². The van der Waals surface area contributed by atoms with E-state index in [2.05, 4.69) is 71.2 Å². The molecule has 3 aliphatic heterocycles. The van der Waals surface area contributed by atoms with E-state index >= 15 is 0 Å². The van der Waals surface area contributed by atoms with Crippen molar-refractivity contribution >= 4 is 5.91 Å². The van der Waals surface area contributed by atoms with Gasteiger partial charge in [0.25, 0.3) is 5.91 Å². The fourth-order valence-electron chi connectivity index (χ4n) is 8.95. The molecule has 1 spiro atoms. The van der Waals surface area contributed by atoms with Crippen LogP contribution in [0.4, 0.5) is 0 Å². The van der Waals surface area contributed by atoms with Gasteiger partial charge in [-0.05, 0) is 92.8 Å². The van der Waals surface area contributed by atoms with Crippen LogP contribution in [0.25, 0.3) is 0 Å². The zero-order valence-electron chi connectivity index (χ0n) is 23.1. The molecular weight excluding hydrogens is 486 g/mol. The van der Waals surface area contributed by atoms with Gasteiger partial charge >= 0.3 is 0 Å². The lowest BCUT2D eigenvalue weighted by Gasteiger charge is -2.57. The number of ether oxygens (including phenoxy) is 2. The summed E-state index contributed by atoms with van der Waals surface area (Å²) in [6.07, 6.45) is 5.03. The molecular formula is C33H37N3O3. The molecule has 3 aromatic rings. The van der Waals surface area contributed by atoms with Gasteiger partial charge in [-0.15, -0.1) is 0 Å². The highest BCUT2D eigenvalue weighted by Gasteiger charge is 2.65. The van der Waals surface area contributed by atoms with E-state index in [0.717, 1.165) is 80.2 Å². The lowest BCUT2D eigenvalue weighted by atomic mass is 9.51. The van der Waals surface area contributed by atoms with Crippen molar-refractivity contribution in [2.45, 2.75) is 62.5 Å². The summed E-state index contributed by atoms with van der Waals surface area (Å²) in [4.78, 5) is 22.3. The molecule has 1 N–H and O–H groups in total. The average molecular weight is 524 g/mol. The van der Waals surface area contributed by atoms with Crippen LogP contribution in [0.5, 0.6) is 11.5 Å². The molecule has 1 aromatic heterocycles. The number of benzene rings is 2. The molecule has 39 heavy (non-hydrogen) atoms. The zero-order valence-corrected chi connectivity index (χ0v) is 23.1. The quantitative estimate of drug-likeness (QED) is 0.516. The van der Waals surface area contributed by atoms with Crippen molar-refractivity contribution in [2.24, 2.45) is 5.92 Å². The lowest BCUT2D eigenvalue weighted by Crippen LogP contribution is -2.62. The highest BCUT2D eigenvalue weighted by atomic mass is 16.5. The van der Waals surface area contributed by atoms with E-state index in [9.17, 15) is 4.79 Å². The minimum absolute atomic E-state index is 0.0622. The molecule has 4 atom stereocenters. The highest BCUT2D eigenvalue weighted by molar-refractivity contribution is 5.94. The Morgan fingerprint density at radius 3 is 2.64 bits per heavy atom. The van der Waals surface area contributed by atoms with Gasteiger partial charge in [0.15, 0.2) is 11.5 Å². The number of nitrogens with one attached hydrogen (secondary N) is 1. The predicted molar refractivity (Wildman–Crippen MR) is 150 cm³/mol. The van der Waals surface area contributed by atoms with Crippen LogP contribution in [0.1, 0.15) is 75.3 Å². The van der Waals surface area contributed by atoms with Gasteiger partial charge in [0.05, 0.1) is 12.8 Å². The van der Waals surface area contributed by atoms with E-state index in [-0.39, 0.29) is 17.4 Å². The molecule has 6 heteroatoms. The van der Waals surface area contributed by atoms with Gasteiger partial charge in [-0.25, -0.2) is 0 Å². The van der Waals surface area contributed by atoms with E-state index in [1.807, 2.05) is 0 Å². The predicted octanol–water partition coefficient (Wildman–Crippen LogP) is 5.16. The molecule has 8 rings (SSSR count). The number of nitrogens with zero attached hydrogens (tertiary/aromatic N) is 2. The summed E-state index contributed by atoms with van der Waals surface area (Å²) >= 11 is 0. The van der Waals surface area contributed by atoms with Crippen molar-refractivity contribution in [2.75, 3.05) is 33.8 Å². The van der Waals surface area contributed by atoms with Gasteiger partial charge in [0.2, 0.25) is 0 Å². The number of amides is 1. The third-order valence-corrected chi connectivity index (χ3v) is 11.0. The first-order chi connectivity index (χ1) is 19.0. The van der Waals surface area contributed by atoms with Crippen molar-refractivity contribution in [3.63, 3.8) is 0 Å². The van der Waals surface area contributed by atoms with E-state index < -0.39 is 0 Å². The number of likely N-dealkylation sites (tertiary alicyclic amines) is 2. The second kappa shape index (κ2) is 8.37. The summed E-state index contributed by atoms with van der Waals surface area (Å²) in [5.41, 5.74) is 8.44. The minimum Gasteiger partial charge on any atom is -0.493 e. The fourth-order valence-corrected chi connectivity index (χ4v) is 8.95. The largest absolute Gasteiger partial charge is 0.493 e. The van der Waals surface area contributed by atoms with Crippen molar-refractivity contribution in [1.82, 2.24) is 14.8 Å². The van der Waals surface area contributed by atoms with Crippen LogP contribution in [-0.4, -0.2) is 60.5 Å². The van der Waals surface area contributed by atoms with Crippen LogP contribution in [0.15, 0.2) is 42.5 Å². The lowest BCUT2D eigenvalue weighted by molar-refractivity contribution is -0.0256. The SMILES string of the molecule is COc1ccc2c3c1O[C@H]1c4[nH]c(C(=O)N5CCC(c6ccccc6)CC5)c(C)c4C[C@H]4[C@H](C2)N(C)CCC314. The molecule has 1 amide bonds. The maximum atomic E-state index is 14.0.